The van der Waals surface area contributed by atoms with Crippen LogP contribution in [0.2, 0.25) is 0 Å². The highest BCUT2D eigenvalue weighted by atomic mass is 16.5. The lowest BCUT2D eigenvalue weighted by Crippen LogP contribution is -2.38. The van der Waals surface area contributed by atoms with E-state index in [0.29, 0.717) is 5.92 Å². The summed E-state index contributed by atoms with van der Waals surface area (Å²) >= 11 is 0. The van der Waals surface area contributed by atoms with Crippen molar-refractivity contribution in [3.63, 3.8) is 0 Å². The molecular formula is C15H22O4. The summed E-state index contributed by atoms with van der Waals surface area (Å²) < 4.78 is 5.53. The van der Waals surface area contributed by atoms with Crippen LogP contribution in [0.25, 0.3) is 0 Å². The molecule has 2 saturated carbocycles. The zero-order valence-electron chi connectivity index (χ0n) is 12.0. The van der Waals surface area contributed by atoms with Gasteiger partial charge in [0.15, 0.2) is 0 Å². The molecule has 0 aromatic heterocycles. The van der Waals surface area contributed by atoms with Crippen molar-refractivity contribution in [2.45, 2.75) is 53.1 Å². The van der Waals surface area contributed by atoms with Crippen molar-refractivity contribution < 1.29 is 19.4 Å². The van der Waals surface area contributed by atoms with Gasteiger partial charge in [-0.25, -0.2) is 9.59 Å². The summed E-state index contributed by atoms with van der Waals surface area (Å²) in [4.78, 5) is 22.5. The standard InChI is InChI=1S/C15H22O4/c1-9(13(17)18)7-12(16)19-11-8-10-5-6-15(11,4)14(10,2)3/h7,10-11H,5-6,8H2,1-4H3,(H,17,18)/b9-7+/t10-,11-,15+/m0/s1. The van der Waals surface area contributed by atoms with Crippen LogP contribution >= 0.6 is 0 Å². The Morgan fingerprint density at radius 3 is 2.37 bits per heavy atom. The van der Waals surface area contributed by atoms with E-state index in [1.807, 2.05) is 0 Å². The quantitative estimate of drug-likeness (QED) is 0.630. The number of esters is 1. The van der Waals surface area contributed by atoms with Gasteiger partial charge in [-0.1, -0.05) is 20.8 Å². The Balaban J connectivity index is 2.09. The largest absolute Gasteiger partial charge is 0.478 e. The maximum Gasteiger partial charge on any atom is 0.331 e. The summed E-state index contributed by atoms with van der Waals surface area (Å²) in [6, 6.07) is 0. The predicted molar refractivity (Wildman–Crippen MR) is 70.5 cm³/mol. The fourth-order valence-corrected chi connectivity index (χ4v) is 3.72. The average Bonchev–Trinajstić information content (AvgIpc) is 2.61. The van der Waals surface area contributed by atoms with Gasteiger partial charge in [0.05, 0.1) is 0 Å². The van der Waals surface area contributed by atoms with Gasteiger partial charge in [0, 0.05) is 17.1 Å². The highest BCUT2D eigenvalue weighted by Gasteiger charge is 2.62. The first-order valence-electron chi connectivity index (χ1n) is 6.80. The first-order chi connectivity index (χ1) is 8.68. The van der Waals surface area contributed by atoms with E-state index >= 15 is 0 Å². The number of ether oxygens (including phenoxy) is 1. The van der Waals surface area contributed by atoms with Crippen molar-refractivity contribution in [1.82, 2.24) is 0 Å². The Hall–Kier alpha value is -1.32. The molecule has 0 heterocycles. The minimum absolute atomic E-state index is 0.0116. The van der Waals surface area contributed by atoms with Gasteiger partial charge in [-0.05, 0) is 37.5 Å². The summed E-state index contributed by atoms with van der Waals surface area (Å²) in [5.41, 5.74) is 0.208. The molecule has 2 bridgehead atoms. The Labute approximate surface area is 113 Å². The molecule has 0 radical (unpaired) electrons. The van der Waals surface area contributed by atoms with E-state index in [2.05, 4.69) is 20.8 Å². The number of carbonyl (C=O) groups excluding carboxylic acids is 1. The predicted octanol–water partition coefficient (Wildman–Crippen LogP) is 2.78. The average molecular weight is 266 g/mol. The molecule has 19 heavy (non-hydrogen) atoms. The molecule has 0 saturated heterocycles. The van der Waals surface area contributed by atoms with E-state index in [0.717, 1.165) is 18.9 Å². The van der Waals surface area contributed by atoms with Gasteiger partial charge >= 0.3 is 11.9 Å². The summed E-state index contributed by atoms with van der Waals surface area (Å²) in [7, 11) is 0. The minimum atomic E-state index is -1.09. The van der Waals surface area contributed by atoms with Gasteiger partial charge < -0.3 is 9.84 Å². The van der Waals surface area contributed by atoms with Crippen LogP contribution in [0, 0.1) is 16.7 Å². The SMILES string of the molecule is C/C(=C\C(=O)O[C@H]1C[C@@H]2CC[C@@]1(C)C2(C)C)C(=O)O. The molecule has 0 aliphatic heterocycles. The van der Waals surface area contributed by atoms with Crippen molar-refractivity contribution in [2.75, 3.05) is 0 Å². The molecule has 2 fully saturated rings. The van der Waals surface area contributed by atoms with Crippen LogP contribution in [0.4, 0.5) is 0 Å². The summed E-state index contributed by atoms with van der Waals surface area (Å²) in [6.07, 6.45) is 4.15. The molecule has 0 aromatic carbocycles. The highest BCUT2D eigenvalue weighted by molar-refractivity contribution is 5.94. The lowest BCUT2D eigenvalue weighted by Gasteiger charge is -2.38. The van der Waals surface area contributed by atoms with Crippen LogP contribution in [-0.2, 0) is 14.3 Å². The van der Waals surface area contributed by atoms with Gasteiger partial charge in [0.2, 0.25) is 0 Å². The molecule has 2 aliphatic rings. The van der Waals surface area contributed by atoms with Crippen LogP contribution in [0.3, 0.4) is 0 Å². The Morgan fingerprint density at radius 2 is 1.95 bits per heavy atom. The number of fused-ring (bicyclic) bond motifs is 2. The number of hydrogen-bond acceptors (Lipinski definition) is 3. The molecule has 0 spiro atoms. The summed E-state index contributed by atoms with van der Waals surface area (Å²) in [5.74, 6) is -1.02. The fraction of sp³-hybridized carbons (Fsp3) is 0.733. The third-order valence-electron chi connectivity index (χ3n) is 5.64. The lowest BCUT2D eigenvalue weighted by atomic mass is 9.70. The van der Waals surface area contributed by atoms with Crippen LogP contribution in [0.5, 0.6) is 0 Å². The molecule has 0 amide bonds. The number of carbonyl (C=O) groups is 2. The molecule has 4 heteroatoms. The third-order valence-corrected chi connectivity index (χ3v) is 5.64. The van der Waals surface area contributed by atoms with Crippen molar-refractivity contribution in [1.29, 1.82) is 0 Å². The normalized spacial score (nSPS) is 36.3. The van der Waals surface area contributed by atoms with Crippen molar-refractivity contribution in [2.24, 2.45) is 16.7 Å². The van der Waals surface area contributed by atoms with Gasteiger partial charge in [-0.2, -0.15) is 0 Å². The zero-order chi connectivity index (χ0) is 14.4. The van der Waals surface area contributed by atoms with Crippen LogP contribution in [0.15, 0.2) is 11.6 Å². The molecule has 0 unspecified atom stereocenters. The second-order valence-electron chi connectivity index (χ2n) is 6.67. The third kappa shape index (κ3) is 2.07. The number of carboxylic acids is 1. The van der Waals surface area contributed by atoms with Gasteiger partial charge in [-0.3, -0.25) is 0 Å². The van der Waals surface area contributed by atoms with Crippen LogP contribution in [0.1, 0.15) is 47.0 Å². The first-order valence-corrected chi connectivity index (χ1v) is 6.80. The Bertz CT molecular complexity index is 449. The summed E-state index contributed by atoms with van der Waals surface area (Å²) in [6.45, 7) is 8.08. The molecular weight excluding hydrogens is 244 g/mol. The second kappa shape index (κ2) is 4.36. The number of carboxylic acid groups (broad SMARTS) is 1. The topological polar surface area (TPSA) is 63.6 Å². The van der Waals surface area contributed by atoms with Crippen molar-refractivity contribution in [3.05, 3.63) is 11.6 Å². The second-order valence-corrected chi connectivity index (χ2v) is 6.67. The van der Waals surface area contributed by atoms with E-state index in [4.69, 9.17) is 9.84 Å². The van der Waals surface area contributed by atoms with E-state index < -0.39 is 11.9 Å². The Morgan fingerprint density at radius 1 is 1.32 bits per heavy atom. The van der Waals surface area contributed by atoms with Gasteiger partial charge in [0.1, 0.15) is 6.10 Å². The molecule has 0 aromatic rings. The molecule has 3 atom stereocenters. The van der Waals surface area contributed by atoms with E-state index in [1.54, 1.807) is 0 Å². The van der Waals surface area contributed by atoms with Crippen molar-refractivity contribution >= 4 is 11.9 Å². The van der Waals surface area contributed by atoms with Crippen LogP contribution < -0.4 is 0 Å². The monoisotopic (exact) mass is 266 g/mol. The van der Waals surface area contributed by atoms with Gasteiger partial charge in [0.25, 0.3) is 0 Å². The van der Waals surface area contributed by atoms with E-state index in [9.17, 15) is 9.59 Å². The molecule has 4 nitrogen and oxygen atoms in total. The zero-order valence-corrected chi connectivity index (χ0v) is 12.0. The Kier molecular flexibility index (Phi) is 3.23. The lowest BCUT2D eigenvalue weighted by molar-refractivity contribution is -0.151. The maximum atomic E-state index is 11.8. The van der Waals surface area contributed by atoms with Gasteiger partial charge in [-0.15, -0.1) is 0 Å². The minimum Gasteiger partial charge on any atom is -0.478 e. The molecule has 1 N–H and O–H groups in total. The molecule has 2 rings (SSSR count). The van der Waals surface area contributed by atoms with E-state index in [-0.39, 0.29) is 22.5 Å². The number of aliphatic carboxylic acids is 1. The molecule has 106 valence electrons. The smallest absolute Gasteiger partial charge is 0.331 e. The summed E-state index contributed by atoms with van der Waals surface area (Å²) in [5, 5.41) is 8.75. The van der Waals surface area contributed by atoms with Crippen LogP contribution in [-0.4, -0.2) is 23.1 Å². The highest BCUT2D eigenvalue weighted by Crippen LogP contribution is 2.66. The van der Waals surface area contributed by atoms with E-state index in [1.165, 1.54) is 13.3 Å². The molecule has 2 aliphatic carbocycles. The maximum absolute atomic E-state index is 11.8. The number of hydrogen-bond donors (Lipinski definition) is 1. The first kappa shape index (κ1) is 14.1. The van der Waals surface area contributed by atoms with Crippen molar-refractivity contribution in [3.8, 4) is 0 Å². The fourth-order valence-electron chi connectivity index (χ4n) is 3.72. The number of rotatable bonds is 3.